The van der Waals surface area contributed by atoms with Gasteiger partial charge in [-0.25, -0.2) is 0 Å². The Morgan fingerprint density at radius 2 is 2.33 bits per heavy atom. The summed E-state index contributed by atoms with van der Waals surface area (Å²) in [6, 6.07) is -0.358. The van der Waals surface area contributed by atoms with Gasteiger partial charge in [0.25, 0.3) is 0 Å². The lowest BCUT2D eigenvalue weighted by Gasteiger charge is -2.32. The van der Waals surface area contributed by atoms with Crippen LogP contribution in [0.5, 0.6) is 0 Å². The number of nitrogens with one attached hydrogen (secondary N) is 1. The van der Waals surface area contributed by atoms with Crippen LogP contribution in [0.1, 0.15) is 19.8 Å². The lowest BCUT2D eigenvalue weighted by atomic mass is 10.1. The van der Waals surface area contributed by atoms with Crippen molar-refractivity contribution in [3.8, 4) is 0 Å². The van der Waals surface area contributed by atoms with Gasteiger partial charge in [-0.3, -0.25) is 9.59 Å². The van der Waals surface area contributed by atoms with Crippen molar-refractivity contribution in [2.24, 2.45) is 0 Å². The maximum Gasteiger partial charge on any atom is 0.245 e. The minimum Gasteiger partial charge on any atom is -0.343 e. The number of halogens is 1. The molecule has 1 heterocycles. The van der Waals surface area contributed by atoms with Crippen LogP contribution in [0.15, 0.2) is 11.1 Å². The summed E-state index contributed by atoms with van der Waals surface area (Å²) in [5.74, 6) is -0.112. The Morgan fingerprint density at radius 1 is 1.67 bits per heavy atom. The van der Waals surface area contributed by atoms with Crippen LogP contribution >= 0.6 is 15.9 Å². The molecule has 15 heavy (non-hydrogen) atoms. The Labute approximate surface area is 97.8 Å². The minimum atomic E-state index is -0.358. The van der Waals surface area contributed by atoms with Gasteiger partial charge in [-0.2, -0.15) is 0 Å². The zero-order valence-corrected chi connectivity index (χ0v) is 10.3. The van der Waals surface area contributed by atoms with Crippen LogP contribution in [-0.4, -0.2) is 35.8 Å². The van der Waals surface area contributed by atoms with Crippen LogP contribution < -0.4 is 5.32 Å². The summed E-state index contributed by atoms with van der Waals surface area (Å²) in [5.41, 5.74) is 0. The third kappa shape index (κ3) is 3.34. The maximum atomic E-state index is 11.8. The quantitative estimate of drug-likeness (QED) is 0.832. The molecule has 0 saturated carbocycles. The summed E-state index contributed by atoms with van der Waals surface area (Å²) in [5, 5.41) is 2.70. The SMILES string of the molecule is C=C(Br)CN1CC(=O)NC(CCC)C1=O. The second-order valence-corrected chi connectivity index (χ2v) is 4.74. The Morgan fingerprint density at radius 3 is 2.87 bits per heavy atom. The molecule has 0 aromatic carbocycles. The van der Waals surface area contributed by atoms with Crippen LogP contribution in [0.25, 0.3) is 0 Å². The molecule has 1 rings (SSSR count). The summed E-state index contributed by atoms with van der Waals surface area (Å²) in [6.45, 7) is 6.18. The first kappa shape index (κ1) is 12.2. The van der Waals surface area contributed by atoms with Gasteiger partial charge in [0.05, 0.1) is 13.1 Å². The number of hydrogen-bond acceptors (Lipinski definition) is 2. The first-order chi connectivity index (χ1) is 7.04. The molecule has 2 amide bonds. The predicted octanol–water partition coefficient (Wildman–Crippen LogP) is 1.02. The largest absolute Gasteiger partial charge is 0.343 e. The molecule has 1 N–H and O–H groups in total. The van der Waals surface area contributed by atoms with E-state index in [9.17, 15) is 9.59 Å². The third-order valence-corrected chi connectivity index (χ3v) is 2.47. The normalized spacial score (nSPS) is 21.5. The number of piperazine rings is 1. The highest BCUT2D eigenvalue weighted by molar-refractivity contribution is 9.11. The molecule has 0 aromatic rings. The Balaban J connectivity index is 2.67. The molecular formula is C10H15BrN2O2. The van der Waals surface area contributed by atoms with Gasteiger partial charge in [0.2, 0.25) is 11.8 Å². The van der Waals surface area contributed by atoms with Crippen LogP contribution in [0, 0.1) is 0 Å². The van der Waals surface area contributed by atoms with Crippen LogP contribution in [0.4, 0.5) is 0 Å². The average Bonchev–Trinajstić information content (AvgIpc) is 2.12. The van der Waals surface area contributed by atoms with Gasteiger partial charge in [0.1, 0.15) is 6.04 Å². The molecular weight excluding hydrogens is 260 g/mol. The molecule has 0 aromatic heterocycles. The average molecular weight is 275 g/mol. The van der Waals surface area contributed by atoms with E-state index in [-0.39, 0.29) is 24.4 Å². The summed E-state index contributed by atoms with van der Waals surface area (Å²) in [4.78, 5) is 24.7. The first-order valence-corrected chi connectivity index (χ1v) is 5.75. The van der Waals surface area contributed by atoms with E-state index in [0.29, 0.717) is 17.4 Å². The van der Waals surface area contributed by atoms with E-state index in [0.717, 1.165) is 6.42 Å². The van der Waals surface area contributed by atoms with Crippen LogP contribution in [0.3, 0.4) is 0 Å². The van der Waals surface area contributed by atoms with Crippen molar-refractivity contribution in [3.05, 3.63) is 11.1 Å². The number of carbonyl (C=O) groups is 2. The fourth-order valence-corrected chi connectivity index (χ4v) is 1.90. The second-order valence-electron chi connectivity index (χ2n) is 3.62. The van der Waals surface area contributed by atoms with Gasteiger partial charge in [-0.15, -0.1) is 0 Å². The van der Waals surface area contributed by atoms with E-state index in [1.807, 2.05) is 6.92 Å². The zero-order valence-electron chi connectivity index (χ0n) is 8.75. The molecule has 1 fully saturated rings. The molecule has 1 saturated heterocycles. The van der Waals surface area contributed by atoms with Gasteiger partial charge in [0, 0.05) is 4.48 Å². The summed E-state index contributed by atoms with van der Waals surface area (Å²) < 4.78 is 0.709. The number of rotatable bonds is 4. The molecule has 5 heteroatoms. The van der Waals surface area contributed by atoms with Gasteiger partial charge in [0.15, 0.2) is 0 Å². The van der Waals surface area contributed by atoms with E-state index in [1.165, 1.54) is 4.90 Å². The van der Waals surface area contributed by atoms with Crippen molar-refractivity contribution in [2.75, 3.05) is 13.1 Å². The van der Waals surface area contributed by atoms with Crippen molar-refractivity contribution in [1.82, 2.24) is 10.2 Å². The Hall–Kier alpha value is -0.840. The van der Waals surface area contributed by atoms with Crippen molar-refractivity contribution in [2.45, 2.75) is 25.8 Å². The molecule has 0 aliphatic carbocycles. The smallest absolute Gasteiger partial charge is 0.245 e. The molecule has 1 aliphatic rings. The molecule has 4 nitrogen and oxygen atoms in total. The standard InChI is InChI=1S/C10H15BrN2O2/c1-3-4-8-10(15)13(5-7(2)11)6-9(14)12-8/h8H,2-6H2,1H3,(H,12,14). The monoisotopic (exact) mass is 274 g/mol. The van der Waals surface area contributed by atoms with Crippen molar-refractivity contribution >= 4 is 27.7 Å². The molecule has 84 valence electrons. The molecule has 0 spiro atoms. The summed E-state index contributed by atoms with van der Waals surface area (Å²) in [6.07, 6.45) is 1.57. The number of nitrogens with zero attached hydrogens (tertiary/aromatic N) is 1. The van der Waals surface area contributed by atoms with E-state index >= 15 is 0 Å². The van der Waals surface area contributed by atoms with E-state index < -0.39 is 0 Å². The van der Waals surface area contributed by atoms with Gasteiger partial charge in [-0.05, 0) is 6.42 Å². The maximum absolute atomic E-state index is 11.8. The summed E-state index contributed by atoms with van der Waals surface area (Å²) >= 11 is 3.20. The number of hydrogen-bond donors (Lipinski definition) is 1. The summed E-state index contributed by atoms with van der Waals surface area (Å²) in [7, 11) is 0. The first-order valence-electron chi connectivity index (χ1n) is 4.96. The lowest BCUT2D eigenvalue weighted by Crippen LogP contribution is -2.58. The number of amides is 2. The van der Waals surface area contributed by atoms with E-state index in [4.69, 9.17) is 0 Å². The third-order valence-electron chi connectivity index (χ3n) is 2.22. The second kappa shape index (κ2) is 5.30. The number of carbonyl (C=O) groups excluding carboxylic acids is 2. The topological polar surface area (TPSA) is 49.4 Å². The highest BCUT2D eigenvalue weighted by atomic mass is 79.9. The van der Waals surface area contributed by atoms with Crippen molar-refractivity contribution in [3.63, 3.8) is 0 Å². The van der Waals surface area contributed by atoms with Crippen LogP contribution in [0.2, 0.25) is 0 Å². The molecule has 0 radical (unpaired) electrons. The van der Waals surface area contributed by atoms with Gasteiger partial charge >= 0.3 is 0 Å². The Bertz CT molecular complexity index is 289. The molecule has 1 atom stereocenters. The lowest BCUT2D eigenvalue weighted by molar-refractivity contribution is -0.143. The highest BCUT2D eigenvalue weighted by Crippen LogP contribution is 2.11. The molecule has 1 unspecified atom stereocenters. The van der Waals surface area contributed by atoms with Gasteiger partial charge in [-0.1, -0.05) is 35.9 Å². The van der Waals surface area contributed by atoms with Crippen molar-refractivity contribution in [1.29, 1.82) is 0 Å². The fraction of sp³-hybridized carbons (Fsp3) is 0.600. The zero-order chi connectivity index (χ0) is 11.4. The highest BCUT2D eigenvalue weighted by Gasteiger charge is 2.31. The van der Waals surface area contributed by atoms with Gasteiger partial charge < -0.3 is 10.2 Å². The fourth-order valence-electron chi connectivity index (χ4n) is 1.60. The predicted molar refractivity (Wildman–Crippen MR) is 61.5 cm³/mol. The molecule has 1 aliphatic heterocycles. The Kier molecular flexibility index (Phi) is 4.32. The van der Waals surface area contributed by atoms with Crippen LogP contribution in [-0.2, 0) is 9.59 Å². The van der Waals surface area contributed by atoms with Crippen molar-refractivity contribution < 1.29 is 9.59 Å². The van der Waals surface area contributed by atoms with E-state index in [2.05, 4.69) is 27.8 Å². The molecule has 0 bridgehead atoms. The van der Waals surface area contributed by atoms with E-state index in [1.54, 1.807) is 0 Å². The minimum absolute atomic E-state index is 0.0166.